The Morgan fingerprint density at radius 3 is 2.67 bits per heavy atom. The average Bonchev–Trinajstić information content (AvgIpc) is 2.97. The average molecular weight is 345 g/mol. The normalized spacial score (nSPS) is 11.2. The molecule has 0 radical (unpaired) electrons. The molecule has 0 N–H and O–H groups in total. The van der Waals surface area contributed by atoms with Gasteiger partial charge in [0.15, 0.2) is 5.78 Å². The first-order chi connectivity index (χ1) is 9.99. The molecule has 0 atom stereocenters. The number of carbonyl (C=O) groups excluding carboxylic acids is 1. The van der Waals surface area contributed by atoms with E-state index in [0.717, 1.165) is 32.3 Å². The molecule has 3 aromatic rings. The Kier molecular flexibility index (Phi) is 3.49. The third-order valence-corrected chi connectivity index (χ3v) is 4.84. The summed E-state index contributed by atoms with van der Waals surface area (Å²) >= 11 is 3.54. The number of fused-ring (bicyclic) bond motifs is 1. The maximum absolute atomic E-state index is 12.6. The van der Waals surface area contributed by atoms with Crippen molar-refractivity contribution < 1.29 is 4.79 Å². The first-order valence-electron chi connectivity index (χ1n) is 6.88. The van der Waals surface area contributed by atoms with Crippen LogP contribution in [0.25, 0.3) is 10.9 Å². The van der Waals surface area contributed by atoms with Gasteiger partial charge in [-0.15, -0.1) is 0 Å². The highest BCUT2D eigenvalue weighted by atomic mass is 79.9. The summed E-state index contributed by atoms with van der Waals surface area (Å²) in [5.41, 5.74) is 4.01. The molecule has 0 fully saturated rings. The van der Waals surface area contributed by atoms with Gasteiger partial charge in [0.2, 0.25) is 0 Å². The second-order valence-corrected chi connectivity index (χ2v) is 6.24. The lowest BCUT2D eigenvalue weighted by Crippen LogP contribution is -2.10. The molecule has 0 aliphatic heterocycles. The van der Waals surface area contributed by atoms with Crippen molar-refractivity contribution in [3.8, 4) is 0 Å². The van der Waals surface area contributed by atoms with Crippen molar-refractivity contribution in [3.05, 3.63) is 58.0 Å². The van der Waals surface area contributed by atoms with Crippen LogP contribution in [0.5, 0.6) is 0 Å². The van der Waals surface area contributed by atoms with E-state index in [1.165, 1.54) is 0 Å². The van der Waals surface area contributed by atoms with Gasteiger partial charge < -0.3 is 9.13 Å². The van der Waals surface area contributed by atoms with Crippen molar-refractivity contribution in [1.29, 1.82) is 0 Å². The predicted octanol–water partition coefficient (Wildman–Crippen LogP) is 4.24. The first-order valence-corrected chi connectivity index (χ1v) is 7.68. The molecule has 0 saturated heterocycles. The van der Waals surface area contributed by atoms with Crippen molar-refractivity contribution in [1.82, 2.24) is 9.13 Å². The predicted molar refractivity (Wildman–Crippen MR) is 88.9 cm³/mol. The molecule has 0 spiro atoms. The van der Waals surface area contributed by atoms with Gasteiger partial charge in [-0.05, 0) is 38.1 Å². The number of halogens is 1. The molecule has 2 heterocycles. The zero-order chi connectivity index (χ0) is 15.1. The van der Waals surface area contributed by atoms with Crippen LogP contribution in [0.15, 0.2) is 41.0 Å². The van der Waals surface area contributed by atoms with E-state index < -0.39 is 0 Å². The van der Waals surface area contributed by atoms with Crippen molar-refractivity contribution >= 4 is 32.6 Å². The second kappa shape index (κ2) is 5.19. The molecule has 1 aromatic carbocycles. The summed E-state index contributed by atoms with van der Waals surface area (Å²) in [5, 5.41) is 1.13. The molecular formula is C17H17BrN2O. The summed E-state index contributed by atoms with van der Waals surface area (Å²) in [6.45, 7) is 4.38. The molecule has 0 bridgehead atoms. The molecule has 0 aliphatic rings. The molecule has 0 saturated carbocycles. The van der Waals surface area contributed by atoms with Crippen molar-refractivity contribution in [2.75, 3.05) is 0 Å². The van der Waals surface area contributed by atoms with Gasteiger partial charge in [-0.25, -0.2) is 0 Å². The van der Waals surface area contributed by atoms with Crippen LogP contribution in [-0.4, -0.2) is 14.9 Å². The quantitative estimate of drug-likeness (QED) is 0.652. The van der Waals surface area contributed by atoms with E-state index in [1.807, 2.05) is 62.0 Å². The Morgan fingerprint density at radius 1 is 1.24 bits per heavy atom. The van der Waals surface area contributed by atoms with Gasteiger partial charge >= 0.3 is 0 Å². The number of aryl methyl sites for hydroxylation is 1. The van der Waals surface area contributed by atoms with E-state index in [0.29, 0.717) is 6.54 Å². The van der Waals surface area contributed by atoms with E-state index in [4.69, 9.17) is 0 Å². The first kappa shape index (κ1) is 14.1. The maximum atomic E-state index is 12.6. The lowest BCUT2D eigenvalue weighted by Gasteiger charge is -2.06. The number of nitrogens with zero attached hydrogens (tertiary/aromatic N) is 2. The summed E-state index contributed by atoms with van der Waals surface area (Å²) in [6.07, 6.45) is 1.97. The lowest BCUT2D eigenvalue weighted by molar-refractivity contribution is 0.0973. The Labute approximate surface area is 132 Å². The SMILES string of the molecule is Cc1cc(C(=O)Cn2ccc3c(Br)cccc32)c(C)n1C. The van der Waals surface area contributed by atoms with Gasteiger partial charge in [0.25, 0.3) is 0 Å². The molecule has 108 valence electrons. The zero-order valence-corrected chi connectivity index (χ0v) is 13.9. The van der Waals surface area contributed by atoms with Crippen LogP contribution in [0.3, 0.4) is 0 Å². The van der Waals surface area contributed by atoms with Crippen LogP contribution in [0.1, 0.15) is 21.7 Å². The van der Waals surface area contributed by atoms with Crippen LogP contribution in [0.2, 0.25) is 0 Å². The number of hydrogen-bond acceptors (Lipinski definition) is 1. The Balaban J connectivity index is 1.97. The highest BCUT2D eigenvalue weighted by Crippen LogP contribution is 2.25. The molecule has 21 heavy (non-hydrogen) atoms. The van der Waals surface area contributed by atoms with Crippen LogP contribution in [0.4, 0.5) is 0 Å². The van der Waals surface area contributed by atoms with Crippen LogP contribution < -0.4 is 0 Å². The standard InChI is InChI=1S/C17H17BrN2O/c1-11-9-14(12(2)19(11)3)17(21)10-20-8-7-13-15(18)5-4-6-16(13)20/h4-9H,10H2,1-3H3. The highest BCUT2D eigenvalue weighted by molar-refractivity contribution is 9.10. The topological polar surface area (TPSA) is 26.9 Å². The fourth-order valence-electron chi connectivity index (χ4n) is 2.70. The number of hydrogen-bond donors (Lipinski definition) is 0. The number of ketones is 1. The minimum Gasteiger partial charge on any atom is -0.351 e. The molecule has 2 aromatic heterocycles. The largest absolute Gasteiger partial charge is 0.351 e. The third kappa shape index (κ3) is 2.33. The lowest BCUT2D eigenvalue weighted by atomic mass is 10.1. The van der Waals surface area contributed by atoms with Gasteiger partial charge in [0.05, 0.1) is 6.54 Å². The number of aromatic nitrogens is 2. The summed E-state index contributed by atoms with van der Waals surface area (Å²) in [5.74, 6) is 0.147. The molecular weight excluding hydrogens is 328 g/mol. The fourth-order valence-corrected chi connectivity index (χ4v) is 3.19. The number of carbonyl (C=O) groups is 1. The molecule has 0 aliphatic carbocycles. The summed E-state index contributed by atoms with van der Waals surface area (Å²) < 4.78 is 5.11. The van der Waals surface area contributed by atoms with Gasteiger partial charge in [-0.1, -0.05) is 22.0 Å². The smallest absolute Gasteiger partial charge is 0.184 e. The second-order valence-electron chi connectivity index (χ2n) is 5.38. The summed E-state index contributed by atoms with van der Waals surface area (Å²) in [6, 6.07) is 10.1. The number of Topliss-reactive ketones (excluding diaryl/α,β-unsaturated/α-hetero) is 1. The fraction of sp³-hybridized carbons (Fsp3) is 0.235. The zero-order valence-electron chi connectivity index (χ0n) is 12.4. The van der Waals surface area contributed by atoms with Crippen molar-refractivity contribution in [3.63, 3.8) is 0 Å². The summed E-state index contributed by atoms with van der Waals surface area (Å²) in [7, 11) is 1.99. The van der Waals surface area contributed by atoms with E-state index in [-0.39, 0.29) is 5.78 Å². The van der Waals surface area contributed by atoms with Crippen LogP contribution in [0, 0.1) is 13.8 Å². The Hall–Kier alpha value is -1.81. The van der Waals surface area contributed by atoms with Gasteiger partial charge in [0.1, 0.15) is 0 Å². The third-order valence-electron chi connectivity index (χ3n) is 4.15. The van der Waals surface area contributed by atoms with Crippen molar-refractivity contribution in [2.24, 2.45) is 7.05 Å². The molecule has 0 unspecified atom stereocenters. The summed E-state index contributed by atoms with van der Waals surface area (Å²) in [4.78, 5) is 12.6. The Bertz CT molecular complexity index is 842. The van der Waals surface area contributed by atoms with Gasteiger partial charge in [0, 0.05) is 45.6 Å². The van der Waals surface area contributed by atoms with E-state index in [9.17, 15) is 4.79 Å². The minimum absolute atomic E-state index is 0.147. The molecule has 4 heteroatoms. The maximum Gasteiger partial charge on any atom is 0.184 e. The van der Waals surface area contributed by atoms with E-state index in [1.54, 1.807) is 0 Å². The molecule has 0 amide bonds. The number of benzene rings is 1. The molecule has 3 nitrogen and oxygen atoms in total. The van der Waals surface area contributed by atoms with E-state index in [2.05, 4.69) is 20.5 Å². The van der Waals surface area contributed by atoms with E-state index >= 15 is 0 Å². The van der Waals surface area contributed by atoms with Gasteiger partial charge in [-0.2, -0.15) is 0 Å². The van der Waals surface area contributed by atoms with Crippen LogP contribution >= 0.6 is 15.9 Å². The van der Waals surface area contributed by atoms with Gasteiger partial charge in [-0.3, -0.25) is 4.79 Å². The monoisotopic (exact) mass is 344 g/mol. The van der Waals surface area contributed by atoms with Crippen molar-refractivity contribution in [2.45, 2.75) is 20.4 Å². The Morgan fingerprint density at radius 2 is 2.00 bits per heavy atom. The molecule has 3 rings (SSSR count). The highest BCUT2D eigenvalue weighted by Gasteiger charge is 2.15. The van der Waals surface area contributed by atoms with Crippen LogP contribution in [-0.2, 0) is 13.6 Å². The number of rotatable bonds is 3. The minimum atomic E-state index is 0.147.